The Morgan fingerprint density at radius 1 is 1.69 bits per heavy atom. The molecule has 6 heteroatoms. The zero-order valence-electron chi connectivity index (χ0n) is 8.88. The summed E-state index contributed by atoms with van der Waals surface area (Å²) in [5.74, 6) is -0.378. The summed E-state index contributed by atoms with van der Waals surface area (Å²) in [4.78, 5) is 16.8. The van der Waals surface area contributed by atoms with Crippen molar-refractivity contribution in [2.75, 3.05) is 13.2 Å². The molecule has 0 atom stereocenters. The average Bonchev–Trinajstić information content (AvgIpc) is 2.73. The number of carbonyl (C=O) groups is 1. The van der Waals surface area contributed by atoms with E-state index in [1.54, 1.807) is 31.2 Å². The highest BCUT2D eigenvalue weighted by Crippen LogP contribution is 2.05. The molecule has 0 aromatic carbocycles. The third kappa shape index (κ3) is 3.51. The second-order valence-corrected chi connectivity index (χ2v) is 2.86. The highest BCUT2D eigenvalue weighted by molar-refractivity contribution is 5.87. The monoisotopic (exact) mass is 220 g/mol. The molecule has 0 aliphatic rings. The Balaban J connectivity index is 2.60. The fraction of sp³-hybridized carbons (Fsp3) is 0.300. The van der Waals surface area contributed by atoms with Crippen LogP contribution in [0, 0.1) is 0 Å². The van der Waals surface area contributed by atoms with Crippen LogP contribution in [0.4, 0.5) is 0 Å². The lowest BCUT2D eigenvalue weighted by Gasteiger charge is -1.97. The van der Waals surface area contributed by atoms with Gasteiger partial charge >= 0.3 is 5.97 Å². The van der Waals surface area contributed by atoms with E-state index in [1.165, 1.54) is 0 Å². The van der Waals surface area contributed by atoms with Gasteiger partial charge in [0.1, 0.15) is 5.69 Å². The highest BCUT2D eigenvalue weighted by atomic mass is 16.5. The van der Waals surface area contributed by atoms with Crippen molar-refractivity contribution in [2.24, 2.45) is 5.11 Å². The molecule has 0 saturated carbocycles. The number of ether oxygens (including phenoxy) is 1. The van der Waals surface area contributed by atoms with Crippen molar-refractivity contribution in [1.82, 2.24) is 4.98 Å². The predicted octanol–water partition coefficient (Wildman–Crippen LogP) is 2.51. The van der Waals surface area contributed by atoms with Gasteiger partial charge in [-0.05, 0) is 30.7 Å². The second kappa shape index (κ2) is 6.31. The molecule has 1 N–H and O–H groups in total. The third-order valence-electron chi connectivity index (χ3n) is 1.75. The number of esters is 1. The SMILES string of the molecule is CCOC(=O)c1ccc(C=CCN=[N+]=[N-])[nH]1. The lowest BCUT2D eigenvalue weighted by atomic mass is 10.4. The lowest BCUT2D eigenvalue weighted by molar-refractivity contribution is 0.0520. The van der Waals surface area contributed by atoms with Crippen LogP contribution < -0.4 is 0 Å². The molecular formula is C10H12N4O2. The summed E-state index contributed by atoms with van der Waals surface area (Å²) in [5.41, 5.74) is 9.22. The maximum atomic E-state index is 11.3. The van der Waals surface area contributed by atoms with Gasteiger partial charge in [0.15, 0.2) is 0 Å². The molecule has 84 valence electrons. The molecule has 6 nitrogen and oxygen atoms in total. The van der Waals surface area contributed by atoms with Gasteiger partial charge in [-0.25, -0.2) is 4.79 Å². The molecule has 1 aromatic heterocycles. The minimum atomic E-state index is -0.378. The molecule has 0 fully saturated rings. The first-order valence-electron chi connectivity index (χ1n) is 4.81. The quantitative estimate of drug-likeness (QED) is 0.357. The average molecular weight is 220 g/mol. The molecule has 0 aliphatic heterocycles. The van der Waals surface area contributed by atoms with E-state index in [2.05, 4.69) is 15.0 Å². The summed E-state index contributed by atoms with van der Waals surface area (Å²) in [6.07, 6.45) is 3.43. The molecule has 0 saturated heterocycles. The Morgan fingerprint density at radius 3 is 3.19 bits per heavy atom. The van der Waals surface area contributed by atoms with Crippen molar-refractivity contribution in [2.45, 2.75) is 6.92 Å². The van der Waals surface area contributed by atoms with Crippen molar-refractivity contribution in [3.05, 3.63) is 40.0 Å². The van der Waals surface area contributed by atoms with Crippen LogP contribution >= 0.6 is 0 Å². The van der Waals surface area contributed by atoms with E-state index in [1.807, 2.05) is 0 Å². The van der Waals surface area contributed by atoms with E-state index < -0.39 is 0 Å². The number of aromatic amines is 1. The van der Waals surface area contributed by atoms with Gasteiger partial charge in [-0.15, -0.1) is 0 Å². The van der Waals surface area contributed by atoms with E-state index in [-0.39, 0.29) is 12.5 Å². The lowest BCUT2D eigenvalue weighted by Crippen LogP contribution is -2.04. The first-order valence-corrected chi connectivity index (χ1v) is 4.81. The van der Waals surface area contributed by atoms with Gasteiger partial charge in [-0.1, -0.05) is 11.2 Å². The van der Waals surface area contributed by atoms with Gasteiger partial charge < -0.3 is 9.72 Å². The standard InChI is InChI=1S/C10H12N4O2/c1-2-16-10(15)9-6-5-8(13-9)4-3-7-12-14-11/h3-6,13H,2,7H2,1H3. The topological polar surface area (TPSA) is 90.8 Å². The largest absolute Gasteiger partial charge is 0.461 e. The Labute approximate surface area is 92.5 Å². The Hall–Kier alpha value is -2.20. The van der Waals surface area contributed by atoms with Crippen molar-refractivity contribution in [3.63, 3.8) is 0 Å². The highest BCUT2D eigenvalue weighted by Gasteiger charge is 2.07. The Bertz CT molecular complexity index is 430. The second-order valence-electron chi connectivity index (χ2n) is 2.86. The fourth-order valence-corrected chi connectivity index (χ4v) is 1.10. The van der Waals surface area contributed by atoms with Gasteiger partial charge in [-0.2, -0.15) is 0 Å². The van der Waals surface area contributed by atoms with Crippen molar-refractivity contribution in [3.8, 4) is 0 Å². The smallest absolute Gasteiger partial charge is 0.354 e. The predicted molar refractivity (Wildman–Crippen MR) is 59.8 cm³/mol. The summed E-state index contributed by atoms with van der Waals surface area (Å²) in [7, 11) is 0. The molecule has 1 aromatic rings. The van der Waals surface area contributed by atoms with Crippen LogP contribution in [0.25, 0.3) is 16.5 Å². The van der Waals surface area contributed by atoms with Crippen molar-refractivity contribution >= 4 is 12.0 Å². The van der Waals surface area contributed by atoms with Crippen molar-refractivity contribution in [1.29, 1.82) is 0 Å². The van der Waals surface area contributed by atoms with Crippen LogP contribution in [0.5, 0.6) is 0 Å². The molecule has 0 aliphatic carbocycles. The zero-order valence-corrected chi connectivity index (χ0v) is 8.88. The van der Waals surface area contributed by atoms with Gasteiger partial charge in [0, 0.05) is 17.2 Å². The molecular weight excluding hydrogens is 208 g/mol. The van der Waals surface area contributed by atoms with Gasteiger partial charge in [0.2, 0.25) is 0 Å². The maximum Gasteiger partial charge on any atom is 0.354 e. The Morgan fingerprint density at radius 2 is 2.50 bits per heavy atom. The number of rotatable bonds is 5. The minimum Gasteiger partial charge on any atom is -0.461 e. The van der Waals surface area contributed by atoms with Crippen LogP contribution in [-0.2, 0) is 4.74 Å². The molecule has 0 spiro atoms. The van der Waals surface area contributed by atoms with Gasteiger partial charge in [0.05, 0.1) is 6.61 Å². The van der Waals surface area contributed by atoms with Crippen LogP contribution in [0.15, 0.2) is 23.3 Å². The van der Waals surface area contributed by atoms with Crippen LogP contribution in [0.2, 0.25) is 0 Å². The summed E-state index contributed by atoms with van der Waals surface area (Å²) in [6, 6.07) is 3.39. The van der Waals surface area contributed by atoms with Crippen molar-refractivity contribution < 1.29 is 9.53 Å². The number of aromatic nitrogens is 1. The number of carbonyl (C=O) groups excluding carboxylic acids is 1. The molecule has 0 amide bonds. The molecule has 0 unspecified atom stereocenters. The summed E-state index contributed by atoms with van der Waals surface area (Å²) >= 11 is 0. The normalized spacial score (nSPS) is 10.1. The summed E-state index contributed by atoms with van der Waals surface area (Å²) in [6.45, 7) is 2.38. The number of nitrogens with one attached hydrogen (secondary N) is 1. The molecule has 1 heterocycles. The molecule has 1 rings (SSSR count). The number of azide groups is 1. The number of H-pyrrole nitrogens is 1. The number of hydrogen-bond acceptors (Lipinski definition) is 3. The van der Waals surface area contributed by atoms with Crippen LogP contribution in [-0.4, -0.2) is 24.1 Å². The number of nitrogens with zero attached hydrogens (tertiary/aromatic N) is 3. The van der Waals surface area contributed by atoms with E-state index in [0.29, 0.717) is 12.3 Å². The van der Waals surface area contributed by atoms with Crippen LogP contribution in [0.1, 0.15) is 23.1 Å². The van der Waals surface area contributed by atoms with E-state index in [0.717, 1.165) is 5.69 Å². The fourth-order valence-electron chi connectivity index (χ4n) is 1.10. The van der Waals surface area contributed by atoms with Crippen LogP contribution in [0.3, 0.4) is 0 Å². The van der Waals surface area contributed by atoms with E-state index in [4.69, 9.17) is 10.3 Å². The van der Waals surface area contributed by atoms with Gasteiger partial charge in [-0.3, -0.25) is 0 Å². The Kier molecular flexibility index (Phi) is 4.69. The molecule has 0 bridgehead atoms. The molecule has 0 radical (unpaired) electrons. The van der Waals surface area contributed by atoms with E-state index in [9.17, 15) is 4.79 Å². The first-order chi connectivity index (χ1) is 7.77. The molecule has 16 heavy (non-hydrogen) atoms. The maximum absolute atomic E-state index is 11.3. The zero-order chi connectivity index (χ0) is 11.8. The van der Waals surface area contributed by atoms with Gasteiger partial charge in [0.25, 0.3) is 0 Å². The summed E-state index contributed by atoms with van der Waals surface area (Å²) in [5, 5.41) is 3.35. The minimum absolute atomic E-state index is 0.282. The first kappa shape index (κ1) is 11.9. The third-order valence-corrected chi connectivity index (χ3v) is 1.75. The number of hydrogen-bond donors (Lipinski definition) is 1. The summed E-state index contributed by atoms with van der Waals surface area (Å²) < 4.78 is 4.82. The van der Waals surface area contributed by atoms with E-state index >= 15 is 0 Å².